The van der Waals surface area contributed by atoms with Crippen molar-refractivity contribution >= 4 is 11.6 Å². The van der Waals surface area contributed by atoms with Gasteiger partial charge < -0.3 is 9.80 Å². The van der Waals surface area contributed by atoms with Gasteiger partial charge in [-0.1, -0.05) is 18.2 Å². The number of anilines is 1. The number of aromatic nitrogens is 1. The second-order valence-electron chi connectivity index (χ2n) is 5.31. The Hall–Kier alpha value is -2.36. The zero-order chi connectivity index (χ0) is 14.7. The van der Waals surface area contributed by atoms with E-state index in [0.29, 0.717) is 5.56 Å². The molecule has 1 aromatic carbocycles. The Morgan fingerprint density at radius 3 is 2.48 bits per heavy atom. The first-order chi connectivity index (χ1) is 10.3. The summed E-state index contributed by atoms with van der Waals surface area (Å²) >= 11 is 0. The van der Waals surface area contributed by atoms with Crippen molar-refractivity contribution in [2.24, 2.45) is 0 Å². The number of carbonyl (C=O) groups excluding carboxylic acids is 1. The third-order valence-electron chi connectivity index (χ3n) is 3.93. The molecular formula is C17H19N3O. The maximum absolute atomic E-state index is 12.4. The molecule has 0 radical (unpaired) electrons. The standard InChI is InChI=1S/C17H19N3O/c1-14-5-2-3-7-16(14)19-9-11-20(12-10-19)17(21)15-6-4-8-18-13-15/h2-8,13H,9-12H2,1H3. The molecule has 1 aliphatic heterocycles. The van der Waals surface area contributed by atoms with Gasteiger partial charge in [-0.2, -0.15) is 0 Å². The maximum Gasteiger partial charge on any atom is 0.255 e. The molecule has 2 aromatic rings. The fourth-order valence-electron chi connectivity index (χ4n) is 2.74. The van der Waals surface area contributed by atoms with Crippen LogP contribution in [0.1, 0.15) is 15.9 Å². The minimum Gasteiger partial charge on any atom is -0.368 e. The van der Waals surface area contributed by atoms with E-state index in [1.807, 2.05) is 11.0 Å². The van der Waals surface area contributed by atoms with Crippen LogP contribution in [0.4, 0.5) is 5.69 Å². The highest BCUT2D eigenvalue weighted by molar-refractivity contribution is 5.94. The highest BCUT2D eigenvalue weighted by Gasteiger charge is 2.22. The highest BCUT2D eigenvalue weighted by Crippen LogP contribution is 2.21. The van der Waals surface area contributed by atoms with Crippen molar-refractivity contribution in [3.63, 3.8) is 0 Å². The van der Waals surface area contributed by atoms with E-state index in [9.17, 15) is 4.79 Å². The normalized spacial score (nSPS) is 15.1. The molecule has 108 valence electrons. The number of amides is 1. The molecule has 1 saturated heterocycles. The minimum absolute atomic E-state index is 0.0764. The van der Waals surface area contributed by atoms with Gasteiger partial charge in [0.05, 0.1) is 5.56 Å². The molecule has 0 bridgehead atoms. The fraction of sp³-hybridized carbons (Fsp3) is 0.294. The summed E-state index contributed by atoms with van der Waals surface area (Å²) in [4.78, 5) is 20.7. The van der Waals surface area contributed by atoms with Crippen molar-refractivity contribution in [1.29, 1.82) is 0 Å². The molecule has 1 aromatic heterocycles. The second-order valence-corrected chi connectivity index (χ2v) is 5.31. The largest absolute Gasteiger partial charge is 0.368 e. The number of piperazine rings is 1. The van der Waals surface area contributed by atoms with E-state index in [0.717, 1.165) is 26.2 Å². The monoisotopic (exact) mass is 281 g/mol. The molecular weight excluding hydrogens is 262 g/mol. The van der Waals surface area contributed by atoms with E-state index in [1.165, 1.54) is 11.3 Å². The van der Waals surface area contributed by atoms with Gasteiger partial charge in [-0.15, -0.1) is 0 Å². The molecule has 0 N–H and O–H groups in total. The molecule has 2 heterocycles. The Labute approximate surface area is 125 Å². The summed E-state index contributed by atoms with van der Waals surface area (Å²) in [5, 5.41) is 0. The Balaban J connectivity index is 1.66. The predicted octanol–water partition coefficient (Wildman–Crippen LogP) is 2.35. The van der Waals surface area contributed by atoms with Crippen molar-refractivity contribution in [3.05, 3.63) is 59.9 Å². The van der Waals surface area contributed by atoms with Crippen molar-refractivity contribution in [3.8, 4) is 0 Å². The summed E-state index contributed by atoms with van der Waals surface area (Å²) < 4.78 is 0. The zero-order valence-electron chi connectivity index (χ0n) is 12.2. The van der Waals surface area contributed by atoms with Crippen LogP contribution in [0.3, 0.4) is 0 Å². The summed E-state index contributed by atoms with van der Waals surface area (Å²) in [6, 6.07) is 12.0. The molecule has 0 atom stereocenters. The summed E-state index contributed by atoms with van der Waals surface area (Å²) in [5.41, 5.74) is 3.22. The fourth-order valence-corrected chi connectivity index (χ4v) is 2.74. The third kappa shape index (κ3) is 2.89. The number of hydrogen-bond acceptors (Lipinski definition) is 3. The van der Waals surface area contributed by atoms with Crippen molar-refractivity contribution in [2.45, 2.75) is 6.92 Å². The van der Waals surface area contributed by atoms with E-state index in [-0.39, 0.29) is 5.91 Å². The van der Waals surface area contributed by atoms with Crippen LogP contribution in [0.2, 0.25) is 0 Å². The van der Waals surface area contributed by atoms with Crippen molar-refractivity contribution in [1.82, 2.24) is 9.88 Å². The third-order valence-corrected chi connectivity index (χ3v) is 3.93. The van der Waals surface area contributed by atoms with Crippen LogP contribution in [0.15, 0.2) is 48.8 Å². The van der Waals surface area contributed by atoms with Gasteiger partial charge in [-0.25, -0.2) is 0 Å². The first-order valence-electron chi connectivity index (χ1n) is 7.25. The van der Waals surface area contributed by atoms with Crippen LogP contribution in [0, 0.1) is 6.92 Å². The number of carbonyl (C=O) groups is 1. The van der Waals surface area contributed by atoms with E-state index in [1.54, 1.807) is 18.5 Å². The van der Waals surface area contributed by atoms with Gasteiger partial charge in [0.1, 0.15) is 0 Å². The number of aryl methyl sites for hydroxylation is 1. The molecule has 0 unspecified atom stereocenters. The molecule has 0 aliphatic carbocycles. The zero-order valence-corrected chi connectivity index (χ0v) is 12.2. The van der Waals surface area contributed by atoms with Gasteiger partial charge in [-0.05, 0) is 30.7 Å². The summed E-state index contributed by atoms with van der Waals surface area (Å²) in [6.07, 6.45) is 3.32. The van der Waals surface area contributed by atoms with E-state index >= 15 is 0 Å². The van der Waals surface area contributed by atoms with Gasteiger partial charge in [-0.3, -0.25) is 9.78 Å². The average Bonchev–Trinajstić information content (AvgIpc) is 2.56. The van der Waals surface area contributed by atoms with E-state index < -0.39 is 0 Å². The van der Waals surface area contributed by atoms with E-state index in [2.05, 4.69) is 41.1 Å². The summed E-state index contributed by atoms with van der Waals surface area (Å²) in [5.74, 6) is 0.0764. The number of nitrogens with zero attached hydrogens (tertiary/aromatic N) is 3. The minimum atomic E-state index is 0.0764. The quantitative estimate of drug-likeness (QED) is 0.848. The Morgan fingerprint density at radius 1 is 1.05 bits per heavy atom. The summed E-state index contributed by atoms with van der Waals surface area (Å²) in [6.45, 7) is 5.38. The topological polar surface area (TPSA) is 36.4 Å². The first kappa shape index (κ1) is 13.6. The molecule has 1 fully saturated rings. The molecule has 4 heteroatoms. The number of pyridine rings is 1. The Bertz CT molecular complexity index is 619. The van der Waals surface area contributed by atoms with Gasteiger partial charge in [0, 0.05) is 44.3 Å². The molecule has 21 heavy (non-hydrogen) atoms. The predicted molar refractivity (Wildman–Crippen MR) is 83.5 cm³/mol. The molecule has 0 saturated carbocycles. The average molecular weight is 281 g/mol. The molecule has 3 rings (SSSR count). The lowest BCUT2D eigenvalue weighted by Gasteiger charge is -2.36. The number of benzene rings is 1. The SMILES string of the molecule is Cc1ccccc1N1CCN(C(=O)c2cccnc2)CC1. The van der Waals surface area contributed by atoms with Crippen LogP contribution >= 0.6 is 0 Å². The molecule has 0 spiro atoms. The van der Waals surface area contributed by atoms with Crippen LogP contribution in [-0.2, 0) is 0 Å². The lowest BCUT2D eigenvalue weighted by molar-refractivity contribution is 0.0746. The molecule has 1 aliphatic rings. The van der Waals surface area contributed by atoms with Crippen LogP contribution in [0.5, 0.6) is 0 Å². The highest BCUT2D eigenvalue weighted by atomic mass is 16.2. The van der Waals surface area contributed by atoms with Crippen molar-refractivity contribution in [2.75, 3.05) is 31.1 Å². The van der Waals surface area contributed by atoms with Crippen LogP contribution in [0.25, 0.3) is 0 Å². The Morgan fingerprint density at radius 2 is 1.81 bits per heavy atom. The number of hydrogen-bond donors (Lipinski definition) is 0. The van der Waals surface area contributed by atoms with Crippen LogP contribution < -0.4 is 4.90 Å². The van der Waals surface area contributed by atoms with Crippen molar-refractivity contribution < 1.29 is 4.79 Å². The number of para-hydroxylation sites is 1. The van der Waals surface area contributed by atoms with Gasteiger partial charge in [0.15, 0.2) is 0 Å². The number of rotatable bonds is 2. The maximum atomic E-state index is 12.4. The molecule has 1 amide bonds. The van der Waals surface area contributed by atoms with Gasteiger partial charge in [0.25, 0.3) is 5.91 Å². The lowest BCUT2D eigenvalue weighted by Crippen LogP contribution is -2.49. The first-order valence-corrected chi connectivity index (χ1v) is 7.25. The van der Waals surface area contributed by atoms with Gasteiger partial charge in [0.2, 0.25) is 0 Å². The van der Waals surface area contributed by atoms with Crippen LogP contribution in [-0.4, -0.2) is 42.0 Å². The van der Waals surface area contributed by atoms with Gasteiger partial charge >= 0.3 is 0 Å². The summed E-state index contributed by atoms with van der Waals surface area (Å²) in [7, 11) is 0. The Kier molecular flexibility index (Phi) is 3.86. The molecule has 4 nitrogen and oxygen atoms in total. The lowest BCUT2D eigenvalue weighted by atomic mass is 10.1. The second kappa shape index (κ2) is 5.95. The smallest absolute Gasteiger partial charge is 0.255 e. The van der Waals surface area contributed by atoms with E-state index in [4.69, 9.17) is 0 Å².